The highest BCUT2D eigenvalue weighted by Crippen LogP contribution is 2.33. The number of hydrogen-bond acceptors (Lipinski definition) is 3. The van der Waals surface area contributed by atoms with E-state index in [1.807, 2.05) is 0 Å². The van der Waals surface area contributed by atoms with Gasteiger partial charge in [-0.05, 0) is 25.2 Å². The van der Waals surface area contributed by atoms with Gasteiger partial charge in [0.25, 0.3) is 0 Å². The molecule has 1 aromatic rings. The van der Waals surface area contributed by atoms with Crippen LogP contribution in [0.2, 0.25) is 0 Å². The zero-order chi connectivity index (χ0) is 12.7. The van der Waals surface area contributed by atoms with Gasteiger partial charge in [-0.15, -0.1) is 0 Å². The van der Waals surface area contributed by atoms with Crippen LogP contribution in [0.25, 0.3) is 0 Å². The van der Waals surface area contributed by atoms with E-state index in [1.54, 1.807) is 0 Å². The molecule has 1 aromatic heterocycles. The van der Waals surface area contributed by atoms with Gasteiger partial charge < -0.3 is 15.0 Å². The second kappa shape index (κ2) is 4.67. The van der Waals surface area contributed by atoms with E-state index in [9.17, 15) is 0 Å². The van der Waals surface area contributed by atoms with Crippen molar-refractivity contribution < 1.29 is 4.74 Å². The molecule has 3 atom stereocenters. The lowest BCUT2D eigenvalue weighted by atomic mass is 9.89. The van der Waals surface area contributed by atoms with Gasteiger partial charge in [-0.25, -0.2) is 4.98 Å². The second-order valence-electron chi connectivity index (χ2n) is 5.87. The first-order chi connectivity index (χ1) is 8.66. The molecule has 18 heavy (non-hydrogen) atoms. The molecule has 2 aliphatic rings. The number of nitrogens with zero attached hydrogens (tertiary/aromatic N) is 2. The minimum atomic E-state index is 0.298. The predicted molar refractivity (Wildman–Crippen MR) is 70.5 cm³/mol. The molecule has 1 aliphatic heterocycles. The summed E-state index contributed by atoms with van der Waals surface area (Å²) in [6, 6.07) is 0.298. The number of hydrogen-bond donors (Lipinski definition) is 1. The molecule has 3 unspecified atom stereocenters. The van der Waals surface area contributed by atoms with Crippen LogP contribution >= 0.6 is 0 Å². The van der Waals surface area contributed by atoms with Gasteiger partial charge in [0, 0.05) is 44.3 Å². The number of rotatable bonds is 1. The van der Waals surface area contributed by atoms with Crippen LogP contribution in [-0.2, 0) is 24.6 Å². The molecule has 2 N–H and O–H groups in total. The van der Waals surface area contributed by atoms with Crippen molar-refractivity contribution in [1.82, 2.24) is 9.55 Å². The van der Waals surface area contributed by atoms with Gasteiger partial charge in [0.15, 0.2) is 0 Å². The topological polar surface area (TPSA) is 53.1 Å². The Morgan fingerprint density at radius 1 is 1.39 bits per heavy atom. The zero-order valence-electron chi connectivity index (χ0n) is 11.4. The van der Waals surface area contributed by atoms with Crippen molar-refractivity contribution in [3.63, 3.8) is 0 Å². The van der Waals surface area contributed by atoms with Crippen molar-refractivity contribution in [2.45, 2.75) is 44.6 Å². The molecular weight excluding hydrogens is 226 g/mol. The minimum Gasteiger partial charge on any atom is -0.381 e. The molecule has 0 amide bonds. The smallest absolute Gasteiger partial charge is 0.112 e. The maximum atomic E-state index is 6.05. The van der Waals surface area contributed by atoms with Crippen molar-refractivity contribution in [3.05, 3.63) is 17.2 Å². The molecule has 0 spiro atoms. The van der Waals surface area contributed by atoms with Crippen LogP contribution in [0.5, 0.6) is 0 Å². The molecule has 3 rings (SSSR count). The summed E-state index contributed by atoms with van der Waals surface area (Å²) in [5.41, 5.74) is 8.69. The van der Waals surface area contributed by atoms with Crippen LogP contribution in [-0.4, -0.2) is 28.8 Å². The number of aromatic nitrogens is 2. The Hall–Kier alpha value is -0.870. The number of fused-ring (bicyclic) bond motifs is 1. The summed E-state index contributed by atoms with van der Waals surface area (Å²) < 4.78 is 7.86. The molecular formula is C14H23N3O. The third-order valence-electron chi connectivity index (χ3n) is 4.51. The molecule has 0 radical (unpaired) electrons. The molecule has 1 aliphatic carbocycles. The van der Waals surface area contributed by atoms with Crippen LogP contribution in [0.3, 0.4) is 0 Å². The SMILES string of the molecule is CC1COCCC1c1nc2c(n1C)CCC(N)C2. The highest BCUT2D eigenvalue weighted by atomic mass is 16.5. The first kappa shape index (κ1) is 12.2. The molecule has 2 heterocycles. The molecule has 0 saturated carbocycles. The summed E-state index contributed by atoms with van der Waals surface area (Å²) in [7, 11) is 2.17. The van der Waals surface area contributed by atoms with Gasteiger partial charge in [0.2, 0.25) is 0 Å². The van der Waals surface area contributed by atoms with E-state index in [1.165, 1.54) is 17.2 Å². The summed E-state index contributed by atoms with van der Waals surface area (Å²) >= 11 is 0. The van der Waals surface area contributed by atoms with E-state index >= 15 is 0 Å². The van der Waals surface area contributed by atoms with Crippen LogP contribution in [0, 0.1) is 5.92 Å². The normalized spacial score (nSPS) is 32.3. The summed E-state index contributed by atoms with van der Waals surface area (Å²) in [4.78, 5) is 4.90. The standard InChI is InChI=1S/C14H23N3O/c1-9-8-18-6-5-11(9)14-16-12-7-10(15)3-4-13(12)17(14)2/h9-11H,3-8,15H2,1-2H3. The van der Waals surface area contributed by atoms with Crippen LogP contribution in [0.15, 0.2) is 0 Å². The lowest BCUT2D eigenvalue weighted by Crippen LogP contribution is -2.28. The second-order valence-corrected chi connectivity index (χ2v) is 5.87. The highest BCUT2D eigenvalue weighted by Gasteiger charge is 2.30. The number of imidazole rings is 1. The van der Waals surface area contributed by atoms with E-state index in [0.717, 1.165) is 38.9 Å². The maximum absolute atomic E-state index is 6.05. The zero-order valence-corrected chi connectivity index (χ0v) is 11.4. The Labute approximate surface area is 109 Å². The van der Waals surface area contributed by atoms with E-state index in [2.05, 4.69) is 18.5 Å². The fourth-order valence-corrected chi connectivity index (χ4v) is 3.35. The number of ether oxygens (including phenoxy) is 1. The van der Waals surface area contributed by atoms with Gasteiger partial charge >= 0.3 is 0 Å². The maximum Gasteiger partial charge on any atom is 0.112 e. The first-order valence-electron chi connectivity index (χ1n) is 7.04. The fourth-order valence-electron chi connectivity index (χ4n) is 3.35. The summed E-state index contributed by atoms with van der Waals surface area (Å²) in [6.45, 7) is 4.00. The van der Waals surface area contributed by atoms with Gasteiger partial charge in [-0.2, -0.15) is 0 Å². The van der Waals surface area contributed by atoms with Crippen molar-refractivity contribution in [3.8, 4) is 0 Å². The van der Waals surface area contributed by atoms with E-state index in [0.29, 0.717) is 17.9 Å². The Morgan fingerprint density at radius 2 is 2.22 bits per heavy atom. The minimum absolute atomic E-state index is 0.298. The summed E-state index contributed by atoms with van der Waals surface area (Å²) in [5.74, 6) is 2.37. The van der Waals surface area contributed by atoms with Crippen molar-refractivity contribution in [2.75, 3.05) is 13.2 Å². The predicted octanol–water partition coefficient (Wildman–Crippen LogP) is 1.38. The molecule has 1 fully saturated rings. The van der Waals surface area contributed by atoms with Crippen molar-refractivity contribution in [1.29, 1.82) is 0 Å². The molecule has 4 nitrogen and oxygen atoms in total. The Bertz CT molecular complexity index is 440. The van der Waals surface area contributed by atoms with Gasteiger partial charge in [-0.3, -0.25) is 0 Å². The summed E-state index contributed by atoms with van der Waals surface area (Å²) in [5, 5.41) is 0. The molecule has 100 valence electrons. The Balaban J connectivity index is 1.93. The quantitative estimate of drug-likeness (QED) is 0.818. The van der Waals surface area contributed by atoms with Crippen molar-refractivity contribution in [2.24, 2.45) is 18.7 Å². The van der Waals surface area contributed by atoms with Crippen LogP contribution in [0.4, 0.5) is 0 Å². The Kier molecular flexibility index (Phi) is 3.16. The monoisotopic (exact) mass is 249 g/mol. The Morgan fingerprint density at radius 3 is 3.00 bits per heavy atom. The van der Waals surface area contributed by atoms with Gasteiger partial charge in [0.05, 0.1) is 5.69 Å². The van der Waals surface area contributed by atoms with Crippen LogP contribution in [0.1, 0.15) is 42.9 Å². The first-order valence-corrected chi connectivity index (χ1v) is 7.04. The van der Waals surface area contributed by atoms with E-state index in [-0.39, 0.29) is 0 Å². The van der Waals surface area contributed by atoms with Crippen LogP contribution < -0.4 is 5.73 Å². The number of nitrogens with two attached hydrogens (primary N) is 1. The van der Waals surface area contributed by atoms with Gasteiger partial charge in [0.1, 0.15) is 5.82 Å². The lowest BCUT2D eigenvalue weighted by Gasteiger charge is -2.28. The largest absolute Gasteiger partial charge is 0.381 e. The summed E-state index contributed by atoms with van der Waals surface area (Å²) in [6.07, 6.45) is 4.21. The average Bonchev–Trinajstić information content (AvgIpc) is 2.67. The molecule has 1 saturated heterocycles. The van der Waals surface area contributed by atoms with E-state index in [4.69, 9.17) is 15.5 Å². The average molecular weight is 249 g/mol. The van der Waals surface area contributed by atoms with Gasteiger partial charge in [-0.1, -0.05) is 6.92 Å². The fraction of sp³-hybridized carbons (Fsp3) is 0.786. The molecule has 0 bridgehead atoms. The lowest BCUT2D eigenvalue weighted by molar-refractivity contribution is 0.0446. The van der Waals surface area contributed by atoms with Crippen molar-refractivity contribution >= 4 is 0 Å². The molecule has 4 heteroatoms. The highest BCUT2D eigenvalue weighted by molar-refractivity contribution is 5.23. The third kappa shape index (κ3) is 1.97. The third-order valence-corrected chi connectivity index (χ3v) is 4.51. The van der Waals surface area contributed by atoms with E-state index < -0.39 is 0 Å². The molecule has 0 aromatic carbocycles.